The normalized spacial score (nSPS) is 30.2. The fourth-order valence-electron chi connectivity index (χ4n) is 8.56. The molecule has 4 saturated carbocycles. The molecule has 1 heterocycles. The van der Waals surface area contributed by atoms with Crippen LogP contribution in [0.3, 0.4) is 0 Å². The van der Waals surface area contributed by atoms with Crippen molar-refractivity contribution in [1.82, 2.24) is 10.2 Å². The minimum atomic E-state index is -4.40. The van der Waals surface area contributed by atoms with Gasteiger partial charge in [-0.2, -0.15) is 13.2 Å². The Kier molecular flexibility index (Phi) is 7.71. The Morgan fingerprint density at radius 3 is 2.45 bits per heavy atom. The van der Waals surface area contributed by atoms with E-state index in [0.29, 0.717) is 34.6 Å². The summed E-state index contributed by atoms with van der Waals surface area (Å²) in [6.45, 7) is 0.782. The first-order chi connectivity index (χ1) is 20.0. The molecule has 3 atom stereocenters. The summed E-state index contributed by atoms with van der Waals surface area (Å²) in [6.07, 6.45) is 3.40. The van der Waals surface area contributed by atoms with Gasteiger partial charge in [-0.25, -0.2) is 0 Å². The van der Waals surface area contributed by atoms with Gasteiger partial charge in [0.15, 0.2) is 6.61 Å². The molecule has 226 valence electrons. The van der Waals surface area contributed by atoms with Crippen LogP contribution >= 0.6 is 11.6 Å². The predicted molar refractivity (Wildman–Crippen MR) is 151 cm³/mol. The Hall–Kier alpha value is -2.78. The summed E-state index contributed by atoms with van der Waals surface area (Å²) >= 11 is 6.57. The lowest BCUT2D eigenvalue weighted by atomic mass is 9.46. The first-order valence-corrected chi connectivity index (χ1v) is 15.1. The molecular formula is C32H36ClF3N2O4. The van der Waals surface area contributed by atoms with Crippen LogP contribution in [0.15, 0.2) is 42.5 Å². The van der Waals surface area contributed by atoms with Crippen molar-refractivity contribution >= 4 is 23.4 Å². The van der Waals surface area contributed by atoms with Gasteiger partial charge in [-0.05, 0) is 104 Å². The summed E-state index contributed by atoms with van der Waals surface area (Å²) in [7, 11) is 0. The van der Waals surface area contributed by atoms with Gasteiger partial charge in [-0.1, -0.05) is 29.8 Å². The Balaban J connectivity index is 1.01. The number of rotatable bonds is 9. The molecule has 0 spiro atoms. The van der Waals surface area contributed by atoms with E-state index < -0.39 is 17.6 Å². The van der Waals surface area contributed by atoms with Crippen LogP contribution in [-0.2, 0) is 28.7 Å². The lowest BCUT2D eigenvalue weighted by Gasteiger charge is -2.64. The summed E-state index contributed by atoms with van der Waals surface area (Å²) in [4.78, 5) is 28.1. The zero-order chi connectivity index (χ0) is 29.7. The molecule has 1 aliphatic heterocycles. The first-order valence-electron chi connectivity index (χ1n) is 14.7. The summed E-state index contributed by atoms with van der Waals surface area (Å²) in [6, 6.07) is 9.81. The standard InChI is InChI=1S/C32H36ClF3N2O4/c33-27-11-26(42-17-28(40)37-16-20-1-4-25(5-2-20)32(34,35)36)6-3-23(27)10-24-7-8-38(29(24)41)31-14-21-9-22(15-31)13-30(12-21,18-31)19-39/h1-6,11,21-22,24,39H,7-10,12-19H2,(H,37,40). The third kappa shape index (κ3) is 5.74. The van der Waals surface area contributed by atoms with E-state index in [9.17, 15) is 27.9 Å². The van der Waals surface area contributed by atoms with Crippen LogP contribution in [0.25, 0.3) is 0 Å². The Bertz CT molecular complexity index is 1330. The second-order valence-electron chi connectivity index (χ2n) is 13.0. The maximum Gasteiger partial charge on any atom is 0.416 e. The highest BCUT2D eigenvalue weighted by molar-refractivity contribution is 6.31. The number of carbonyl (C=O) groups excluding carboxylic acids is 2. The molecule has 42 heavy (non-hydrogen) atoms. The maximum absolute atomic E-state index is 13.7. The fourth-order valence-corrected chi connectivity index (χ4v) is 8.81. The number of carbonyl (C=O) groups is 2. The average Bonchev–Trinajstić information content (AvgIpc) is 3.31. The van der Waals surface area contributed by atoms with E-state index in [1.165, 1.54) is 18.6 Å². The van der Waals surface area contributed by atoms with Crippen molar-refractivity contribution in [3.8, 4) is 5.75 Å². The van der Waals surface area contributed by atoms with E-state index in [2.05, 4.69) is 10.2 Å². The number of halogens is 4. The zero-order valence-electron chi connectivity index (χ0n) is 23.4. The maximum atomic E-state index is 13.7. The number of likely N-dealkylation sites (tertiary alicyclic amines) is 1. The van der Waals surface area contributed by atoms with Gasteiger partial charge in [0.1, 0.15) is 5.75 Å². The van der Waals surface area contributed by atoms with E-state index in [1.54, 1.807) is 12.1 Å². The van der Waals surface area contributed by atoms with E-state index in [-0.39, 0.29) is 42.5 Å². The zero-order valence-corrected chi connectivity index (χ0v) is 24.1. The van der Waals surface area contributed by atoms with Crippen LogP contribution in [0.5, 0.6) is 5.75 Å². The number of hydrogen-bond donors (Lipinski definition) is 2. The molecular weight excluding hydrogens is 569 g/mol. The molecule has 5 fully saturated rings. The summed E-state index contributed by atoms with van der Waals surface area (Å²) in [5.74, 6) is 1.28. The molecule has 2 N–H and O–H groups in total. The fraction of sp³-hybridized carbons (Fsp3) is 0.562. The van der Waals surface area contributed by atoms with E-state index in [1.807, 2.05) is 6.07 Å². The van der Waals surface area contributed by atoms with Crippen LogP contribution in [0.4, 0.5) is 13.2 Å². The summed E-state index contributed by atoms with van der Waals surface area (Å²) in [5.41, 5.74) is 0.538. The molecule has 2 aromatic rings. The van der Waals surface area contributed by atoms with Crippen molar-refractivity contribution in [3.63, 3.8) is 0 Å². The van der Waals surface area contributed by atoms with Gasteiger partial charge in [-0.15, -0.1) is 0 Å². The number of nitrogens with zero attached hydrogens (tertiary/aromatic N) is 1. The van der Waals surface area contributed by atoms with Gasteiger partial charge in [0.05, 0.1) is 5.56 Å². The Morgan fingerprint density at radius 1 is 1.10 bits per heavy atom. The molecule has 5 aliphatic rings. The molecule has 2 amide bonds. The number of amides is 2. The smallest absolute Gasteiger partial charge is 0.416 e. The number of benzene rings is 2. The number of nitrogens with one attached hydrogen (secondary N) is 1. The molecule has 6 nitrogen and oxygen atoms in total. The van der Waals surface area contributed by atoms with Gasteiger partial charge in [0.25, 0.3) is 5.91 Å². The van der Waals surface area contributed by atoms with Crippen molar-refractivity contribution in [1.29, 1.82) is 0 Å². The Morgan fingerprint density at radius 2 is 1.81 bits per heavy atom. The highest BCUT2D eigenvalue weighted by atomic mass is 35.5. The molecule has 0 aromatic heterocycles. The van der Waals surface area contributed by atoms with Gasteiger partial charge < -0.3 is 20.1 Å². The summed E-state index contributed by atoms with van der Waals surface area (Å²) < 4.78 is 43.7. The third-order valence-corrected chi connectivity index (χ3v) is 10.4. The molecule has 10 heteroatoms. The Labute approximate surface area is 248 Å². The van der Waals surface area contributed by atoms with Crippen molar-refractivity contribution in [2.24, 2.45) is 23.2 Å². The average molecular weight is 605 g/mol. The molecule has 4 bridgehead atoms. The quantitative estimate of drug-likeness (QED) is 0.381. The van der Waals surface area contributed by atoms with Gasteiger partial charge in [0, 0.05) is 36.2 Å². The molecule has 1 saturated heterocycles. The van der Waals surface area contributed by atoms with Crippen LogP contribution in [-0.4, -0.2) is 47.1 Å². The van der Waals surface area contributed by atoms with Gasteiger partial charge >= 0.3 is 6.18 Å². The van der Waals surface area contributed by atoms with Crippen molar-refractivity contribution in [2.75, 3.05) is 19.8 Å². The number of aliphatic hydroxyl groups excluding tert-OH is 1. The highest BCUT2D eigenvalue weighted by Crippen LogP contribution is 2.63. The van der Waals surface area contributed by atoms with Crippen molar-refractivity contribution < 1.29 is 32.6 Å². The second kappa shape index (κ2) is 11.1. The van der Waals surface area contributed by atoms with E-state index >= 15 is 0 Å². The molecule has 3 unspecified atom stereocenters. The lowest BCUT2D eigenvalue weighted by Crippen LogP contribution is -2.64. The lowest BCUT2D eigenvalue weighted by molar-refractivity contribution is -0.164. The number of hydrogen-bond acceptors (Lipinski definition) is 4. The minimum absolute atomic E-state index is 0.0132. The third-order valence-electron chi connectivity index (χ3n) is 10.0. The number of aliphatic hydroxyl groups is 1. The summed E-state index contributed by atoms with van der Waals surface area (Å²) in [5, 5.41) is 13.3. The highest BCUT2D eigenvalue weighted by Gasteiger charge is 2.61. The molecule has 7 rings (SSSR count). The van der Waals surface area contributed by atoms with Crippen LogP contribution in [0.2, 0.25) is 5.02 Å². The van der Waals surface area contributed by atoms with E-state index in [4.69, 9.17) is 16.3 Å². The van der Waals surface area contributed by atoms with Gasteiger partial charge in [-0.3, -0.25) is 9.59 Å². The molecule has 0 radical (unpaired) electrons. The SMILES string of the molecule is O=C(COc1ccc(CC2CCN(C34CC5CC(CC(CO)(C5)C3)C4)C2=O)c(Cl)c1)NCc1ccc(C(F)(F)F)cc1. The monoisotopic (exact) mass is 604 g/mol. The van der Waals surface area contributed by atoms with Gasteiger partial charge in [0.2, 0.25) is 5.91 Å². The molecule has 4 aliphatic carbocycles. The van der Waals surface area contributed by atoms with Crippen LogP contribution < -0.4 is 10.1 Å². The first kappa shape index (κ1) is 29.3. The van der Waals surface area contributed by atoms with Crippen molar-refractivity contribution in [3.05, 3.63) is 64.2 Å². The number of alkyl halides is 3. The second-order valence-corrected chi connectivity index (χ2v) is 13.4. The predicted octanol–water partition coefficient (Wildman–Crippen LogP) is 5.78. The van der Waals surface area contributed by atoms with Crippen LogP contribution in [0.1, 0.15) is 61.6 Å². The number of ether oxygens (including phenoxy) is 1. The van der Waals surface area contributed by atoms with E-state index in [0.717, 1.165) is 62.8 Å². The topological polar surface area (TPSA) is 78.9 Å². The van der Waals surface area contributed by atoms with Crippen molar-refractivity contribution in [2.45, 2.75) is 69.6 Å². The minimum Gasteiger partial charge on any atom is -0.484 e. The van der Waals surface area contributed by atoms with Crippen LogP contribution in [0, 0.1) is 23.2 Å². The largest absolute Gasteiger partial charge is 0.484 e. The molecule has 2 aromatic carbocycles.